The molecule has 3 atom stereocenters. The number of carbonyl (C=O) groups excluding carboxylic acids is 2. The highest BCUT2D eigenvalue weighted by Gasteiger charge is 2.27. The van der Waals surface area contributed by atoms with Crippen LogP contribution in [0.3, 0.4) is 0 Å². The first-order valence-electron chi connectivity index (χ1n) is 12.2. The summed E-state index contributed by atoms with van der Waals surface area (Å²) in [6, 6.07) is 13.1. The van der Waals surface area contributed by atoms with Gasteiger partial charge in [-0.25, -0.2) is 4.39 Å². The van der Waals surface area contributed by atoms with Gasteiger partial charge in [0.15, 0.2) is 11.6 Å². The molecule has 0 bridgehead atoms. The summed E-state index contributed by atoms with van der Waals surface area (Å²) in [5, 5.41) is 6.30. The minimum Gasteiger partial charge on any atom is -0.494 e. The molecule has 2 N–H and O–H groups in total. The number of carbonyl (C=O) groups is 2. The van der Waals surface area contributed by atoms with Crippen LogP contribution in [0, 0.1) is 11.7 Å². The van der Waals surface area contributed by atoms with Crippen molar-refractivity contribution in [2.24, 2.45) is 5.92 Å². The zero-order chi connectivity index (χ0) is 24.1. The molecule has 0 spiro atoms. The Morgan fingerprint density at radius 1 is 1.24 bits per heavy atom. The predicted molar refractivity (Wildman–Crippen MR) is 129 cm³/mol. The standard InChI is InChI=1S/C27H34FN3O3/c1-18(22-9-10-24(28)25(16-22)34-2)29-12-11-19-3-4-23(15-19)20-5-7-21(8-6-20)27(33)31-14-13-30-26(32)17-31/h5-10,16,18-19,23,29H,3-4,11-15,17H2,1-2H3,(H,30,32). The van der Waals surface area contributed by atoms with Crippen LogP contribution in [-0.2, 0) is 4.79 Å². The molecule has 4 rings (SSSR count). The van der Waals surface area contributed by atoms with Gasteiger partial charge in [-0.1, -0.05) is 18.2 Å². The van der Waals surface area contributed by atoms with E-state index in [4.69, 9.17) is 4.74 Å². The summed E-state index contributed by atoms with van der Waals surface area (Å²) in [4.78, 5) is 25.8. The summed E-state index contributed by atoms with van der Waals surface area (Å²) < 4.78 is 18.7. The van der Waals surface area contributed by atoms with Crippen LogP contribution in [0.5, 0.6) is 5.75 Å². The summed E-state index contributed by atoms with van der Waals surface area (Å²) in [6.07, 6.45) is 4.62. The lowest BCUT2D eigenvalue weighted by molar-refractivity contribution is -0.123. The number of hydrogen-bond donors (Lipinski definition) is 2. The van der Waals surface area contributed by atoms with Gasteiger partial charge in [0.25, 0.3) is 5.91 Å². The fraction of sp³-hybridized carbons (Fsp3) is 0.481. The van der Waals surface area contributed by atoms with Crippen LogP contribution in [0.15, 0.2) is 42.5 Å². The number of piperazine rings is 1. The zero-order valence-electron chi connectivity index (χ0n) is 20.0. The molecule has 1 aliphatic heterocycles. The Morgan fingerprint density at radius 3 is 2.76 bits per heavy atom. The molecule has 1 saturated carbocycles. The SMILES string of the molecule is COc1cc(C(C)NCCC2CCC(c3ccc(C(=O)N4CCNC(=O)C4)cc3)C2)ccc1F. The molecule has 2 fully saturated rings. The average molecular weight is 468 g/mol. The first-order chi connectivity index (χ1) is 16.4. The molecule has 6 nitrogen and oxygen atoms in total. The van der Waals surface area contributed by atoms with Gasteiger partial charge in [-0.3, -0.25) is 9.59 Å². The maximum Gasteiger partial charge on any atom is 0.254 e. The Morgan fingerprint density at radius 2 is 2.03 bits per heavy atom. The molecular formula is C27H34FN3O3. The van der Waals surface area contributed by atoms with E-state index in [2.05, 4.69) is 29.7 Å². The molecule has 1 heterocycles. The van der Waals surface area contributed by atoms with Gasteiger partial charge < -0.3 is 20.3 Å². The van der Waals surface area contributed by atoms with Crippen LogP contribution >= 0.6 is 0 Å². The number of amides is 2. The third-order valence-electron chi connectivity index (χ3n) is 7.17. The minimum atomic E-state index is -0.341. The van der Waals surface area contributed by atoms with Crippen molar-refractivity contribution in [1.82, 2.24) is 15.5 Å². The number of benzene rings is 2. The molecule has 2 aromatic rings. The van der Waals surface area contributed by atoms with E-state index in [1.165, 1.54) is 25.2 Å². The maximum absolute atomic E-state index is 13.6. The highest BCUT2D eigenvalue weighted by molar-refractivity contribution is 5.97. The van der Waals surface area contributed by atoms with E-state index in [-0.39, 0.29) is 36.0 Å². The molecule has 2 aliphatic rings. The van der Waals surface area contributed by atoms with E-state index in [0.717, 1.165) is 31.4 Å². The molecule has 182 valence electrons. The Kier molecular flexibility index (Phi) is 7.83. The second kappa shape index (κ2) is 11.0. The van der Waals surface area contributed by atoms with Crippen molar-refractivity contribution in [2.75, 3.05) is 33.3 Å². The Hall–Kier alpha value is -2.93. The normalized spacial score (nSPS) is 21.3. The molecule has 0 aromatic heterocycles. The first kappa shape index (κ1) is 24.2. The van der Waals surface area contributed by atoms with Crippen LogP contribution in [0.25, 0.3) is 0 Å². The van der Waals surface area contributed by atoms with E-state index < -0.39 is 0 Å². The predicted octanol–water partition coefficient (Wildman–Crippen LogP) is 4.03. The summed E-state index contributed by atoms with van der Waals surface area (Å²) in [7, 11) is 1.48. The van der Waals surface area contributed by atoms with Crippen LogP contribution in [0.1, 0.15) is 66.1 Å². The van der Waals surface area contributed by atoms with E-state index in [0.29, 0.717) is 30.5 Å². The Bertz CT molecular complexity index is 1010. The van der Waals surface area contributed by atoms with Crippen LogP contribution in [0.4, 0.5) is 4.39 Å². The van der Waals surface area contributed by atoms with Crippen molar-refractivity contribution >= 4 is 11.8 Å². The number of hydrogen-bond acceptors (Lipinski definition) is 4. The van der Waals surface area contributed by atoms with Gasteiger partial charge in [-0.15, -0.1) is 0 Å². The van der Waals surface area contributed by atoms with Gasteiger partial charge in [0.2, 0.25) is 5.91 Å². The fourth-order valence-electron chi connectivity index (χ4n) is 5.10. The maximum atomic E-state index is 13.6. The number of ether oxygens (including phenoxy) is 1. The van der Waals surface area contributed by atoms with Crippen LogP contribution in [-0.4, -0.2) is 50.0 Å². The lowest BCUT2D eigenvalue weighted by Crippen LogP contribution is -2.49. The molecule has 1 aliphatic carbocycles. The summed E-state index contributed by atoms with van der Waals surface area (Å²) in [5.74, 6) is 0.944. The van der Waals surface area contributed by atoms with Crippen molar-refractivity contribution in [1.29, 1.82) is 0 Å². The number of halogens is 1. The monoisotopic (exact) mass is 467 g/mol. The Balaban J connectivity index is 1.24. The van der Waals surface area contributed by atoms with Gasteiger partial charge in [0, 0.05) is 24.7 Å². The van der Waals surface area contributed by atoms with E-state index in [1.807, 2.05) is 12.1 Å². The minimum absolute atomic E-state index is 0.0790. The molecule has 0 radical (unpaired) electrons. The quantitative estimate of drug-likeness (QED) is 0.615. The molecular weight excluding hydrogens is 433 g/mol. The lowest BCUT2D eigenvalue weighted by Gasteiger charge is -2.26. The Labute approximate surface area is 200 Å². The van der Waals surface area contributed by atoms with E-state index >= 15 is 0 Å². The molecule has 34 heavy (non-hydrogen) atoms. The first-order valence-corrected chi connectivity index (χ1v) is 12.2. The smallest absolute Gasteiger partial charge is 0.254 e. The highest BCUT2D eigenvalue weighted by Crippen LogP contribution is 2.39. The fourth-order valence-corrected chi connectivity index (χ4v) is 5.10. The van der Waals surface area contributed by atoms with Crippen LogP contribution in [0.2, 0.25) is 0 Å². The molecule has 1 saturated heterocycles. The third kappa shape index (κ3) is 5.76. The largest absolute Gasteiger partial charge is 0.494 e. The molecule has 3 unspecified atom stereocenters. The third-order valence-corrected chi connectivity index (χ3v) is 7.17. The number of nitrogens with zero attached hydrogens (tertiary/aromatic N) is 1. The summed E-state index contributed by atoms with van der Waals surface area (Å²) >= 11 is 0. The van der Waals surface area contributed by atoms with Gasteiger partial charge in [-0.05, 0) is 86.4 Å². The summed E-state index contributed by atoms with van der Waals surface area (Å²) in [5.41, 5.74) is 2.95. The van der Waals surface area contributed by atoms with Crippen molar-refractivity contribution in [3.05, 3.63) is 65.0 Å². The van der Waals surface area contributed by atoms with Gasteiger partial charge in [0.05, 0.1) is 13.7 Å². The zero-order valence-corrected chi connectivity index (χ0v) is 20.0. The molecule has 2 aromatic carbocycles. The van der Waals surface area contributed by atoms with Gasteiger partial charge in [-0.2, -0.15) is 0 Å². The van der Waals surface area contributed by atoms with E-state index in [1.54, 1.807) is 17.0 Å². The molecule has 7 heteroatoms. The number of rotatable bonds is 8. The van der Waals surface area contributed by atoms with Crippen molar-refractivity contribution in [2.45, 2.75) is 44.6 Å². The van der Waals surface area contributed by atoms with Crippen molar-refractivity contribution in [3.63, 3.8) is 0 Å². The highest BCUT2D eigenvalue weighted by atomic mass is 19.1. The van der Waals surface area contributed by atoms with Crippen molar-refractivity contribution in [3.8, 4) is 5.75 Å². The van der Waals surface area contributed by atoms with Crippen LogP contribution < -0.4 is 15.4 Å². The van der Waals surface area contributed by atoms with Gasteiger partial charge >= 0.3 is 0 Å². The van der Waals surface area contributed by atoms with E-state index in [9.17, 15) is 14.0 Å². The lowest BCUT2D eigenvalue weighted by atomic mass is 9.94. The second-order valence-electron chi connectivity index (χ2n) is 9.43. The second-order valence-corrected chi connectivity index (χ2v) is 9.43. The number of methoxy groups -OCH3 is 1. The van der Waals surface area contributed by atoms with Crippen molar-refractivity contribution < 1.29 is 18.7 Å². The number of nitrogens with one attached hydrogen (secondary N) is 2. The summed E-state index contributed by atoms with van der Waals surface area (Å²) in [6.45, 7) is 4.19. The average Bonchev–Trinajstić information content (AvgIpc) is 3.33. The topological polar surface area (TPSA) is 70.7 Å². The molecule has 2 amide bonds. The van der Waals surface area contributed by atoms with Gasteiger partial charge in [0.1, 0.15) is 0 Å².